The van der Waals surface area contributed by atoms with E-state index >= 15 is 0 Å². The molecule has 2 heterocycles. The zero-order valence-corrected chi connectivity index (χ0v) is 48.3. The zero-order valence-electron chi connectivity index (χ0n) is 48.3. The molecule has 3 aliphatic carbocycles. The van der Waals surface area contributed by atoms with Gasteiger partial charge in [0, 0.05) is 55.7 Å². The Morgan fingerprint density at radius 2 is 0.842 bits per heavy atom. The number of rotatable bonds is 3. The summed E-state index contributed by atoms with van der Waals surface area (Å²) in [4.78, 5) is 5.45. The van der Waals surface area contributed by atoms with Crippen LogP contribution in [0.4, 0.5) is 34.1 Å². The van der Waals surface area contributed by atoms with Crippen molar-refractivity contribution in [2.75, 3.05) is 9.80 Å². The molecule has 0 radical (unpaired) electrons. The fourth-order valence-corrected chi connectivity index (χ4v) is 15.2. The van der Waals surface area contributed by atoms with E-state index in [0.29, 0.717) is 0 Å². The Labute approximate surface area is 455 Å². The predicted octanol–water partition coefficient (Wildman–Crippen LogP) is 17.3. The van der Waals surface area contributed by atoms with E-state index in [-0.39, 0.29) is 44.6 Å². The summed E-state index contributed by atoms with van der Waals surface area (Å²) in [6, 6.07) is 60.4. The van der Waals surface area contributed by atoms with Crippen molar-refractivity contribution >= 4 is 57.2 Å². The Balaban J connectivity index is 1.17. The lowest BCUT2D eigenvalue weighted by atomic mass is 9.33. The first-order valence-electron chi connectivity index (χ1n) is 28.4. The molecule has 0 amide bonds. The van der Waals surface area contributed by atoms with E-state index < -0.39 is 0 Å². The van der Waals surface area contributed by atoms with Crippen LogP contribution < -0.4 is 26.2 Å². The normalized spacial score (nSPS) is 19.0. The van der Waals surface area contributed by atoms with Crippen molar-refractivity contribution in [2.24, 2.45) is 0 Å². The molecule has 0 unspecified atom stereocenters. The van der Waals surface area contributed by atoms with Crippen molar-refractivity contribution in [3.05, 3.63) is 218 Å². The minimum absolute atomic E-state index is 0.0125. The number of anilines is 6. The van der Waals surface area contributed by atoms with Gasteiger partial charge < -0.3 is 9.80 Å². The van der Waals surface area contributed by atoms with Crippen LogP contribution >= 0.6 is 0 Å². The van der Waals surface area contributed by atoms with Crippen LogP contribution in [0, 0.1) is 6.92 Å². The van der Waals surface area contributed by atoms with E-state index in [2.05, 4.69) is 272 Å². The first-order valence-corrected chi connectivity index (χ1v) is 28.4. The highest BCUT2D eigenvalue weighted by Crippen LogP contribution is 2.57. The van der Waals surface area contributed by atoms with Crippen LogP contribution in [0.1, 0.15) is 183 Å². The molecule has 0 fully saturated rings. The van der Waals surface area contributed by atoms with E-state index in [0.717, 1.165) is 12.8 Å². The SMILES string of the molecule is Cc1ccc2c(c1)N(c1cc3c(cc1-c1ccccc1)C(C)(C)CCC3(C)C)c1cc(C(C)(C)C)cc3c1B2c1cc2c(cc1N3c1ccc3c(c1)C(C)(C)c1ccccc1C3(C)C)C(C)(C)c1ccccc1C2(C)C. The second kappa shape index (κ2) is 15.8. The van der Waals surface area contributed by atoms with Gasteiger partial charge in [-0.25, -0.2) is 0 Å². The van der Waals surface area contributed by atoms with E-state index in [1.165, 1.54) is 128 Å². The van der Waals surface area contributed by atoms with Gasteiger partial charge in [-0.3, -0.25) is 0 Å². The first kappa shape index (κ1) is 49.0. The number of fused-ring (bicyclic) bond motifs is 9. The third-order valence-electron chi connectivity index (χ3n) is 20.0. The first-order chi connectivity index (χ1) is 35.7. The highest BCUT2D eigenvalue weighted by atomic mass is 15.2. The average molecular weight is 993 g/mol. The number of hydrogen-bond acceptors (Lipinski definition) is 2. The average Bonchev–Trinajstić information content (AvgIpc) is 3.56. The molecule has 76 heavy (non-hydrogen) atoms. The van der Waals surface area contributed by atoms with Gasteiger partial charge in [-0.15, -0.1) is 0 Å². The van der Waals surface area contributed by atoms with Crippen LogP contribution in [-0.2, 0) is 37.9 Å². The fourth-order valence-electron chi connectivity index (χ4n) is 15.2. The highest BCUT2D eigenvalue weighted by molar-refractivity contribution is 7.00. The minimum Gasteiger partial charge on any atom is -0.311 e. The molecule has 0 saturated carbocycles. The molecule has 3 heteroatoms. The maximum absolute atomic E-state index is 2.73. The van der Waals surface area contributed by atoms with Crippen LogP contribution in [0.15, 0.2) is 152 Å². The third kappa shape index (κ3) is 6.72. The zero-order chi connectivity index (χ0) is 53.6. The monoisotopic (exact) mass is 993 g/mol. The topological polar surface area (TPSA) is 6.48 Å². The van der Waals surface area contributed by atoms with E-state index in [1.807, 2.05) is 0 Å². The van der Waals surface area contributed by atoms with Crippen molar-refractivity contribution < 1.29 is 0 Å². The largest absolute Gasteiger partial charge is 0.311 e. The highest BCUT2D eigenvalue weighted by Gasteiger charge is 2.50. The van der Waals surface area contributed by atoms with Gasteiger partial charge in [-0.05, 0) is 173 Å². The maximum Gasteiger partial charge on any atom is 0.252 e. The summed E-state index contributed by atoms with van der Waals surface area (Å²) >= 11 is 0. The number of benzene rings is 8. The van der Waals surface area contributed by atoms with Crippen molar-refractivity contribution in [3.8, 4) is 11.1 Å². The van der Waals surface area contributed by atoms with Crippen molar-refractivity contribution in [1.82, 2.24) is 0 Å². The van der Waals surface area contributed by atoms with E-state index in [4.69, 9.17) is 0 Å². The van der Waals surface area contributed by atoms with Gasteiger partial charge in [-0.2, -0.15) is 0 Å². The number of aryl methyl sites for hydroxylation is 1. The second-order valence-corrected chi connectivity index (χ2v) is 28.2. The van der Waals surface area contributed by atoms with E-state index in [1.54, 1.807) is 0 Å². The lowest BCUT2D eigenvalue weighted by Gasteiger charge is -2.49. The number of nitrogens with zero attached hydrogens (tertiary/aromatic N) is 2. The van der Waals surface area contributed by atoms with E-state index in [9.17, 15) is 0 Å². The Hall–Kier alpha value is -6.58. The molecule has 13 rings (SSSR count). The van der Waals surface area contributed by atoms with Crippen LogP contribution in [0.5, 0.6) is 0 Å². The van der Waals surface area contributed by atoms with Crippen LogP contribution in [0.3, 0.4) is 0 Å². The van der Waals surface area contributed by atoms with Crippen molar-refractivity contribution in [1.29, 1.82) is 0 Å². The summed E-state index contributed by atoms with van der Waals surface area (Å²) in [5.74, 6) is 0. The standard InChI is InChI=1S/C73H77BN2/c1-44-30-33-59-62(36-44)76(61-42-55-54(68(5,6)34-35-69(55,7)8)40-48(61)45-24-18-17-19-25-45)65-38-46(67(2,3)4)37-64-66(65)74(59)60-41-57-58(73(15,16)52-29-23-22-28-51(52)72(57,13)14)43-63(60)75(64)47-31-32-53-56(39-47)71(11,12)50-27-21-20-26-49(50)70(53,9)10/h17-33,36-43H,34-35H2,1-16H3. The molecule has 2 aliphatic heterocycles. The summed E-state index contributed by atoms with van der Waals surface area (Å²) in [5, 5.41) is 0. The molecule has 0 spiro atoms. The predicted molar refractivity (Wildman–Crippen MR) is 326 cm³/mol. The summed E-state index contributed by atoms with van der Waals surface area (Å²) < 4.78 is 0. The summed E-state index contributed by atoms with van der Waals surface area (Å²) in [5.41, 5.74) is 30.2. The molecular formula is C73H77BN2. The Bertz CT molecular complexity index is 3780. The smallest absolute Gasteiger partial charge is 0.252 e. The molecule has 8 aromatic carbocycles. The molecule has 0 atom stereocenters. The maximum atomic E-state index is 2.73. The van der Waals surface area contributed by atoms with Crippen LogP contribution in [0.2, 0.25) is 0 Å². The van der Waals surface area contributed by atoms with Crippen molar-refractivity contribution in [3.63, 3.8) is 0 Å². The minimum atomic E-state index is -0.229. The van der Waals surface area contributed by atoms with Crippen LogP contribution in [-0.4, -0.2) is 6.71 Å². The molecule has 0 saturated heterocycles. The Kier molecular flexibility index (Phi) is 10.2. The van der Waals surface area contributed by atoms with Gasteiger partial charge in [-0.1, -0.05) is 207 Å². The number of hydrogen-bond donors (Lipinski definition) is 0. The van der Waals surface area contributed by atoms with Crippen molar-refractivity contribution in [2.45, 2.75) is 162 Å². The third-order valence-corrected chi connectivity index (χ3v) is 20.0. The molecule has 5 aliphatic rings. The second-order valence-electron chi connectivity index (χ2n) is 28.2. The lowest BCUT2D eigenvalue weighted by Crippen LogP contribution is -2.62. The molecule has 0 aromatic heterocycles. The van der Waals surface area contributed by atoms with Crippen LogP contribution in [0.25, 0.3) is 11.1 Å². The quantitative estimate of drug-likeness (QED) is 0.163. The van der Waals surface area contributed by atoms with Gasteiger partial charge in [0.2, 0.25) is 0 Å². The summed E-state index contributed by atoms with van der Waals surface area (Å²) in [6.07, 6.45) is 2.31. The molecule has 8 aromatic rings. The Morgan fingerprint density at radius 1 is 0.382 bits per heavy atom. The molecular weight excluding hydrogens is 916 g/mol. The fraction of sp³-hybridized carbons (Fsp3) is 0.342. The summed E-state index contributed by atoms with van der Waals surface area (Å²) in [6.45, 7) is 39.0. The molecule has 2 nitrogen and oxygen atoms in total. The summed E-state index contributed by atoms with van der Waals surface area (Å²) in [7, 11) is 0. The Morgan fingerprint density at radius 3 is 1.41 bits per heavy atom. The molecule has 0 bridgehead atoms. The molecule has 382 valence electrons. The molecule has 0 N–H and O–H groups in total. The van der Waals surface area contributed by atoms with Gasteiger partial charge in [0.05, 0.1) is 5.69 Å². The van der Waals surface area contributed by atoms with Gasteiger partial charge >= 0.3 is 0 Å². The van der Waals surface area contributed by atoms with Gasteiger partial charge in [0.25, 0.3) is 6.71 Å². The van der Waals surface area contributed by atoms with Gasteiger partial charge in [0.1, 0.15) is 0 Å². The van der Waals surface area contributed by atoms with Gasteiger partial charge in [0.15, 0.2) is 0 Å². The lowest BCUT2D eigenvalue weighted by molar-refractivity contribution is 0.332.